The highest BCUT2D eigenvalue weighted by molar-refractivity contribution is 5.98. The van der Waals surface area contributed by atoms with Gasteiger partial charge in [-0.3, -0.25) is 9.59 Å². The Morgan fingerprint density at radius 2 is 1.65 bits per heavy atom. The standard InChI is InChI=1S/C16H21NO3/c18-15(19)12-17(14-10-6-3-7-11-14)16(20)13-8-4-1-2-5-9-13/h3,6-7,10-11,13H,1-2,4-5,8-9,12H2,(H,18,19). The maximum atomic E-state index is 12.6. The minimum absolute atomic E-state index is 0.0305. The third kappa shape index (κ3) is 3.83. The molecule has 0 atom stereocenters. The average Bonchev–Trinajstić information content (AvgIpc) is 2.74. The summed E-state index contributed by atoms with van der Waals surface area (Å²) in [6.45, 7) is -0.265. The normalized spacial score (nSPS) is 16.4. The maximum Gasteiger partial charge on any atom is 0.323 e. The number of aliphatic carboxylic acids is 1. The van der Waals surface area contributed by atoms with Crippen LogP contribution in [0.5, 0.6) is 0 Å². The predicted molar refractivity (Wildman–Crippen MR) is 77.6 cm³/mol. The van der Waals surface area contributed by atoms with Crippen LogP contribution in [-0.2, 0) is 9.59 Å². The largest absolute Gasteiger partial charge is 0.480 e. The van der Waals surface area contributed by atoms with Crippen LogP contribution in [0.1, 0.15) is 38.5 Å². The Morgan fingerprint density at radius 3 is 2.20 bits per heavy atom. The molecule has 1 aromatic carbocycles. The van der Waals surface area contributed by atoms with Crippen LogP contribution in [0.25, 0.3) is 0 Å². The summed E-state index contributed by atoms with van der Waals surface area (Å²) < 4.78 is 0. The first kappa shape index (κ1) is 14.6. The maximum absolute atomic E-state index is 12.6. The summed E-state index contributed by atoms with van der Waals surface area (Å²) in [4.78, 5) is 25.1. The monoisotopic (exact) mass is 275 g/mol. The van der Waals surface area contributed by atoms with Crippen molar-refractivity contribution >= 4 is 17.6 Å². The lowest BCUT2D eigenvalue weighted by atomic mass is 9.98. The molecule has 0 aliphatic heterocycles. The van der Waals surface area contributed by atoms with Crippen molar-refractivity contribution < 1.29 is 14.7 Å². The molecule has 1 amide bonds. The Kier molecular flexibility index (Phi) is 5.16. The predicted octanol–water partition coefficient (Wildman–Crippen LogP) is 3.07. The first-order chi connectivity index (χ1) is 9.68. The number of carbonyl (C=O) groups is 2. The third-order valence-electron chi connectivity index (χ3n) is 3.83. The van der Waals surface area contributed by atoms with Crippen LogP contribution < -0.4 is 4.90 Å². The van der Waals surface area contributed by atoms with Crippen molar-refractivity contribution in [2.24, 2.45) is 5.92 Å². The van der Waals surface area contributed by atoms with E-state index in [1.54, 1.807) is 12.1 Å². The van der Waals surface area contributed by atoms with E-state index in [-0.39, 0.29) is 18.4 Å². The number of rotatable bonds is 4. The quantitative estimate of drug-likeness (QED) is 0.859. The number of hydrogen-bond donors (Lipinski definition) is 1. The van der Waals surface area contributed by atoms with Gasteiger partial charge in [-0.05, 0) is 25.0 Å². The Bertz CT molecular complexity index is 450. The van der Waals surface area contributed by atoms with E-state index in [4.69, 9.17) is 5.11 Å². The second-order valence-corrected chi connectivity index (χ2v) is 5.34. The van der Waals surface area contributed by atoms with Gasteiger partial charge in [0.1, 0.15) is 6.54 Å². The van der Waals surface area contributed by atoms with Gasteiger partial charge in [-0.25, -0.2) is 0 Å². The van der Waals surface area contributed by atoms with E-state index in [2.05, 4.69) is 0 Å². The highest BCUT2D eigenvalue weighted by atomic mass is 16.4. The molecule has 0 spiro atoms. The lowest BCUT2D eigenvalue weighted by Crippen LogP contribution is -2.39. The van der Waals surface area contributed by atoms with Crippen LogP contribution in [0.15, 0.2) is 30.3 Å². The van der Waals surface area contributed by atoms with Gasteiger partial charge in [-0.2, -0.15) is 0 Å². The van der Waals surface area contributed by atoms with Gasteiger partial charge in [-0.15, -0.1) is 0 Å². The van der Waals surface area contributed by atoms with Crippen LogP contribution >= 0.6 is 0 Å². The molecule has 0 radical (unpaired) electrons. The van der Waals surface area contributed by atoms with Crippen molar-refractivity contribution in [3.63, 3.8) is 0 Å². The molecular weight excluding hydrogens is 254 g/mol. The molecule has 0 saturated heterocycles. The van der Waals surface area contributed by atoms with Gasteiger partial charge in [0.15, 0.2) is 0 Å². The molecular formula is C16H21NO3. The van der Waals surface area contributed by atoms with Gasteiger partial charge in [0.2, 0.25) is 5.91 Å². The van der Waals surface area contributed by atoms with E-state index >= 15 is 0 Å². The number of benzene rings is 1. The number of para-hydroxylation sites is 1. The van der Waals surface area contributed by atoms with Crippen LogP contribution in [0.3, 0.4) is 0 Å². The van der Waals surface area contributed by atoms with Crippen molar-refractivity contribution in [2.75, 3.05) is 11.4 Å². The minimum Gasteiger partial charge on any atom is -0.480 e. The summed E-state index contributed by atoms with van der Waals surface area (Å²) in [5.74, 6) is -1.05. The van der Waals surface area contributed by atoms with Crippen LogP contribution in [0, 0.1) is 5.92 Å². The molecule has 0 bridgehead atoms. The molecule has 2 rings (SSSR count). The number of nitrogens with zero attached hydrogens (tertiary/aromatic N) is 1. The SMILES string of the molecule is O=C(O)CN(C(=O)C1CCCCCC1)c1ccccc1. The Balaban J connectivity index is 2.17. The van der Waals surface area contributed by atoms with Crippen LogP contribution in [-0.4, -0.2) is 23.5 Å². The number of carboxylic acids is 1. The van der Waals surface area contributed by atoms with Gasteiger partial charge < -0.3 is 10.0 Å². The van der Waals surface area contributed by atoms with Gasteiger partial charge in [0.25, 0.3) is 0 Å². The molecule has 0 aromatic heterocycles. The number of amides is 1. The molecule has 4 heteroatoms. The first-order valence-electron chi connectivity index (χ1n) is 7.26. The average molecular weight is 275 g/mol. The Hall–Kier alpha value is -1.84. The summed E-state index contributed by atoms with van der Waals surface area (Å²) in [5, 5.41) is 9.05. The zero-order valence-electron chi connectivity index (χ0n) is 11.6. The molecule has 1 aliphatic carbocycles. The molecule has 1 N–H and O–H groups in total. The molecule has 1 aliphatic rings. The molecule has 108 valence electrons. The van der Waals surface area contributed by atoms with E-state index in [1.165, 1.54) is 17.7 Å². The summed E-state index contributed by atoms with van der Waals surface area (Å²) in [7, 11) is 0. The molecule has 1 fully saturated rings. The van der Waals surface area contributed by atoms with Crippen molar-refractivity contribution in [3.05, 3.63) is 30.3 Å². The van der Waals surface area contributed by atoms with Crippen molar-refractivity contribution in [1.82, 2.24) is 0 Å². The number of anilines is 1. The molecule has 4 nitrogen and oxygen atoms in total. The van der Waals surface area contributed by atoms with E-state index < -0.39 is 5.97 Å². The van der Waals surface area contributed by atoms with Crippen LogP contribution in [0.2, 0.25) is 0 Å². The molecule has 0 unspecified atom stereocenters. The summed E-state index contributed by atoms with van der Waals surface area (Å²) in [6, 6.07) is 9.09. The third-order valence-corrected chi connectivity index (χ3v) is 3.83. The fourth-order valence-electron chi connectivity index (χ4n) is 2.79. The lowest BCUT2D eigenvalue weighted by molar-refractivity contribution is -0.137. The van der Waals surface area contributed by atoms with E-state index in [0.29, 0.717) is 5.69 Å². The van der Waals surface area contributed by atoms with Crippen molar-refractivity contribution in [1.29, 1.82) is 0 Å². The second kappa shape index (κ2) is 7.08. The summed E-state index contributed by atoms with van der Waals surface area (Å²) in [6.07, 6.45) is 6.23. The summed E-state index contributed by atoms with van der Waals surface area (Å²) >= 11 is 0. The number of carboxylic acid groups (broad SMARTS) is 1. The highest BCUT2D eigenvalue weighted by Crippen LogP contribution is 2.26. The van der Waals surface area contributed by atoms with Crippen molar-refractivity contribution in [3.8, 4) is 0 Å². The van der Waals surface area contributed by atoms with Gasteiger partial charge in [-0.1, -0.05) is 43.9 Å². The molecule has 0 heterocycles. The van der Waals surface area contributed by atoms with E-state index in [0.717, 1.165) is 25.7 Å². The fraction of sp³-hybridized carbons (Fsp3) is 0.500. The van der Waals surface area contributed by atoms with Crippen molar-refractivity contribution in [2.45, 2.75) is 38.5 Å². The fourth-order valence-corrected chi connectivity index (χ4v) is 2.79. The highest BCUT2D eigenvalue weighted by Gasteiger charge is 2.27. The zero-order valence-corrected chi connectivity index (χ0v) is 11.6. The second-order valence-electron chi connectivity index (χ2n) is 5.34. The topological polar surface area (TPSA) is 57.6 Å². The van der Waals surface area contributed by atoms with Gasteiger partial charge >= 0.3 is 5.97 Å². The Labute approximate surface area is 119 Å². The number of carbonyl (C=O) groups excluding carboxylic acids is 1. The first-order valence-corrected chi connectivity index (χ1v) is 7.26. The Morgan fingerprint density at radius 1 is 1.05 bits per heavy atom. The van der Waals surface area contributed by atoms with Gasteiger partial charge in [0.05, 0.1) is 0 Å². The van der Waals surface area contributed by atoms with E-state index in [9.17, 15) is 9.59 Å². The lowest BCUT2D eigenvalue weighted by Gasteiger charge is -2.25. The zero-order chi connectivity index (χ0) is 14.4. The molecule has 20 heavy (non-hydrogen) atoms. The van der Waals surface area contributed by atoms with E-state index in [1.807, 2.05) is 18.2 Å². The smallest absolute Gasteiger partial charge is 0.323 e. The minimum atomic E-state index is -0.976. The molecule has 1 aromatic rings. The summed E-state index contributed by atoms with van der Waals surface area (Å²) in [5.41, 5.74) is 0.671. The number of hydrogen-bond acceptors (Lipinski definition) is 2. The molecule has 1 saturated carbocycles. The van der Waals surface area contributed by atoms with Crippen LogP contribution in [0.4, 0.5) is 5.69 Å². The van der Waals surface area contributed by atoms with Gasteiger partial charge in [0, 0.05) is 11.6 Å².